The molecule has 2 heterocycles. The average Bonchev–Trinajstić information content (AvgIpc) is 2.89. The molecule has 6 nitrogen and oxygen atoms in total. The maximum atomic E-state index is 6.09. The largest absolute Gasteiger partial charge is 0.454 e. The van der Waals surface area contributed by atoms with Crippen molar-refractivity contribution >= 4 is 40.5 Å². The number of nitrogen functional groups attached to an aromatic ring is 1. The number of fused-ring (bicyclic) bond motifs is 1. The fourth-order valence-electron chi connectivity index (χ4n) is 1.77. The monoisotopic (exact) mass is 312 g/mol. The number of ether oxygens (including phenoxy) is 2. The summed E-state index contributed by atoms with van der Waals surface area (Å²) in [6.45, 7) is 0.222. The van der Waals surface area contributed by atoms with Gasteiger partial charge in [0, 0.05) is 11.8 Å². The molecule has 104 valence electrons. The first-order valence-electron chi connectivity index (χ1n) is 5.66. The van der Waals surface area contributed by atoms with Crippen LogP contribution in [0.4, 0.5) is 17.3 Å². The summed E-state index contributed by atoms with van der Waals surface area (Å²) in [5, 5.41) is 3.79. The third-order valence-electron chi connectivity index (χ3n) is 2.70. The van der Waals surface area contributed by atoms with E-state index in [9.17, 15) is 0 Å². The van der Waals surface area contributed by atoms with E-state index in [2.05, 4.69) is 15.7 Å². The molecule has 0 saturated heterocycles. The molecule has 2 aromatic rings. The van der Waals surface area contributed by atoms with Gasteiger partial charge < -0.3 is 20.2 Å². The molecular formula is C12H10Cl2N4O2. The molecule has 0 aliphatic carbocycles. The average molecular weight is 313 g/mol. The van der Waals surface area contributed by atoms with Crippen molar-refractivity contribution in [3.05, 3.63) is 34.3 Å². The van der Waals surface area contributed by atoms with E-state index in [-0.39, 0.29) is 6.79 Å². The Morgan fingerprint density at radius 2 is 1.80 bits per heavy atom. The van der Waals surface area contributed by atoms with Crippen LogP contribution in [-0.2, 0) is 0 Å². The van der Waals surface area contributed by atoms with Crippen molar-refractivity contribution in [2.24, 2.45) is 5.84 Å². The van der Waals surface area contributed by atoms with E-state index in [1.165, 1.54) is 0 Å². The summed E-state index contributed by atoms with van der Waals surface area (Å²) in [5.74, 6) is 7.47. The van der Waals surface area contributed by atoms with Gasteiger partial charge in [-0.25, -0.2) is 10.8 Å². The Bertz CT molecular complexity index is 666. The molecule has 0 spiro atoms. The van der Waals surface area contributed by atoms with Crippen LogP contribution in [0.3, 0.4) is 0 Å². The lowest BCUT2D eigenvalue weighted by atomic mass is 10.2. The van der Waals surface area contributed by atoms with E-state index in [1.54, 1.807) is 18.2 Å². The SMILES string of the molecule is NNc1nc(Nc2ccc3c(c2)OCO3)c(Cl)cc1Cl. The summed E-state index contributed by atoms with van der Waals surface area (Å²) < 4.78 is 10.5. The first-order valence-corrected chi connectivity index (χ1v) is 6.42. The highest BCUT2D eigenvalue weighted by atomic mass is 35.5. The van der Waals surface area contributed by atoms with Gasteiger partial charge in [0.1, 0.15) is 0 Å². The van der Waals surface area contributed by atoms with Gasteiger partial charge in [0.2, 0.25) is 6.79 Å². The van der Waals surface area contributed by atoms with Crippen molar-refractivity contribution in [3.63, 3.8) is 0 Å². The number of rotatable bonds is 3. The fourth-order valence-corrected chi connectivity index (χ4v) is 2.23. The van der Waals surface area contributed by atoms with Gasteiger partial charge in [-0.05, 0) is 18.2 Å². The first-order chi connectivity index (χ1) is 9.67. The third-order valence-corrected chi connectivity index (χ3v) is 3.28. The van der Waals surface area contributed by atoms with Crippen LogP contribution in [0.25, 0.3) is 0 Å². The van der Waals surface area contributed by atoms with E-state index < -0.39 is 0 Å². The molecule has 4 N–H and O–H groups in total. The lowest BCUT2D eigenvalue weighted by molar-refractivity contribution is 0.174. The molecule has 0 atom stereocenters. The number of nitrogens with one attached hydrogen (secondary N) is 2. The summed E-state index contributed by atoms with van der Waals surface area (Å²) >= 11 is 12.0. The zero-order valence-electron chi connectivity index (χ0n) is 10.1. The second-order valence-corrected chi connectivity index (χ2v) is 4.80. The zero-order chi connectivity index (χ0) is 14.1. The normalized spacial score (nSPS) is 12.3. The van der Waals surface area contributed by atoms with Gasteiger partial charge in [-0.15, -0.1) is 0 Å². The fraction of sp³-hybridized carbons (Fsp3) is 0.0833. The van der Waals surface area contributed by atoms with Gasteiger partial charge in [-0.3, -0.25) is 0 Å². The maximum absolute atomic E-state index is 6.09. The molecular weight excluding hydrogens is 303 g/mol. The van der Waals surface area contributed by atoms with E-state index in [4.69, 9.17) is 38.5 Å². The van der Waals surface area contributed by atoms with Crippen LogP contribution in [0.2, 0.25) is 10.0 Å². The van der Waals surface area contributed by atoms with Crippen molar-refractivity contribution in [1.29, 1.82) is 0 Å². The summed E-state index contributed by atoms with van der Waals surface area (Å²) in [6, 6.07) is 6.98. The van der Waals surface area contributed by atoms with Crippen LogP contribution < -0.4 is 26.1 Å². The number of nitrogens with two attached hydrogens (primary N) is 1. The van der Waals surface area contributed by atoms with Crippen LogP contribution in [0.1, 0.15) is 0 Å². The second kappa shape index (κ2) is 5.24. The molecule has 3 rings (SSSR count). The van der Waals surface area contributed by atoms with E-state index in [1.807, 2.05) is 6.07 Å². The highest BCUT2D eigenvalue weighted by molar-refractivity contribution is 6.37. The van der Waals surface area contributed by atoms with Gasteiger partial charge in [-0.2, -0.15) is 0 Å². The third kappa shape index (κ3) is 2.40. The predicted octanol–water partition coefficient (Wildman–Crippen LogP) is 3.15. The van der Waals surface area contributed by atoms with Gasteiger partial charge in [-0.1, -0.05) is 23.2 Å². The number of hydrogen-bond donors (Lipinski definition) is 3. The summed E-state index contributed by atoms with van der Waals surface area (Å²) in [7, 11) is 0. The van der Waals surface area contributed by atoms with Gasteiger partial charge in [0.05, 0.1) is 10.0 Å². The quantitative estimate of drug-likeness (QED) is 0.596. The molecule has 1 aliphatic heterocycles. The minimum absolute atomic E-state index is 0.222. The molecule has 8 heteroatoms. The number of hydrogen-bond acceptors (Lipinski definition) is 6. The maximum Gasteiger partial charge on any atom is 0.231 e. The Labute approximate surface area is 124 Å². The van der Waals surface area contributed by atoms with E-state index >= 15 is 0 Å². The lowest BCUT2D eigenvalue weighted by Gasteiger charge is -2.11. The van der Waals surface area contributed by atoms with Gasteiger partial charge in [0.25, 0.3) is 0 Å². The van der Waals surface area contributed by atoms with Crippen molar-refractivity contribution < 1.29 is 9.47 Å². The van der Waals surface area contributed by atoms with Crippen LogP contribution in [0, 0.1) is 0 Å². The zero-order valence-corrected chi connectivity index (χ0v) is 11.6. The lowest BCUT2D eigenvalue weighted by Crippen LogP contribution is -2.10. The molecule has 0 unspecified atom stereocenters. The highest BCUT2D eigenvalue weighted by Gasteiger charge is 2.14. The van der Waals surface area contributed by atoms with Crippen LogP contribution in [-0.4, -0.2) is 11.8 Å². The molecule has 1 aromatic heterocycles. The summed E-state index contributed by atoms with van der Waals surface area (Å²) in [5.41, 5.74) is 3.16. The van der Waals surface area contributed by atoms with E-state index in [0.717, 1.165) is 5.69 Å². The minimum Gasteiger partial charge on any atom is -0.454 e. The van der Waals surface area contributed by atoms with Crippen molar-refractivity contribution in [2.75, 3.05) is 17.5 Å². The number of pyridine rings is 1. The highest BCUT2D eigenvalue weighted by Crippen LogP contribution is 2.36. The number of benzene rings is 1. The first kappa shape index (κ1) is 13.1. The molecule has 0 fully saturated rings. The smallest absolute Gasteiger partial charge is 0.231 e. The van der Waals surface area contributed by atoms with Gasteiger partial charge in [0.15, 0.2) is 23.1 Å². The number of aromatic nitrogens is 1. The molecule has 1 aromatic carbocycles. The standard InChI is InChI=1S/C12H10Cl2N4O2/c13-7-4-8(14)12(18-15)17-11(7)16-6-1-2-9-10(3-6)20-5-19-9/h1-4H,5,15H2,(H2,16,17,18). The Morgan fingerprint density at radius 1 is 1.05 bits per heavy atom. The number of nitrogens with zero attached hydrogens (tertiary/aromatic N) is 1. The van der Waals surface area contributed by atoms with Crippen molar-refractivity contribution in [3.8, 4) is 11.5 Å². The molecule has 20 heavy (non-hydrogen) atoms. The Morgan fingerprint density at radius 3 is 2.60 bits per heavy atom. The van der Waals surface area contributed by atoms with Crippen LogP contribution >= 0.6 is 23.2 Å². The van der Waals surface area contributed by atoms with E-state index in [0.29, 0.717) is 33.2 Å². The van der Waals surface area contributed by atoms with Crippen LogP contribution in [0.15, 0.2) is 24.3 Å². The van der Waals surface area contributed by atoms with Crippen molar-refractivity contribution in [2.45, 2.75) is 0 Å². The Kier molecular flexibility index (Phi) is 3.43. The Balaban J connectivity index is 1.91. The van der Waals surface area contributed by atoms with Crippen molar-refractivity contribution in [1.82, 2.24) is 4.98 Å². The number of anilines is 3. The Hall–Kier alpha value is -1.89. The number of halogens is 2. The molecule has 0 bridgehead atoms. The molecule has 0 amide bonds. The second-order valence-electron chi connectivity index (χ2n) is 3.99. The topological polar surface area (TPSA) is 81.4 Å². The molecule has 0 radical (unpaired) electrons. The van der Waals surface area contributed by atoms with Gasteiger partial charge >= 0.3 is 0 Å². The molecule has 0 saturated carbocycles. The summed E-state index contributed by atoms with van der Waals surface area (Å²) in [4.78, 5) is 4.20. The van der Waals surface area contributed by atoms with Crippen LogP contribution in [0.5, 0.6) is 11.5 Å². The predicted molar refractivity (Wildman–Crippen MR) is 77.9 cm³/mol. The minimum atomic E-state index is 0.222. The number of hydrazine groups is 1. The summed E-state index contributed by atoms with van der Waals surface area (Å²) in [6.07, 6.45) is 0. The molecule has 1 aliphatic rings.